The Morgan fingerprint density at radius 3 is 2.21 bits per heavy atom. The molecule has 0 fully saturated rings. The fraction of sp³-hybridized carbons (Fsp3) is 0.571. The van der Waals surface area contributed by atoms with E-state index in [9.17, 15) is 8.42 Å². The van der Waals surface area contributed by atoms with E-state index in [-0.39, 0.29) is 10.8 Å². The lowest BCUT2D eigenvalue weighted by atomic mass is 9.88. The zero-order valence-corrected chi connectivity index (χ0v) is 13.7. The molecule has 0 aliphatic rings. The van der Waals surface area contributed by atoms with E-state index in [1.165, 1.54) is 18.4 Å². The molecule has 0 heterocycles. The minimum atomic E-state index is -3.42. The summed E-state index contributed by atoms with van der Waals surface area (Å²) in [4.78, 5) is 0.343. The summed E-state index contributed by atoms with van der Waals surface area (Å²) in [6, 6.07) is 7.05. The molecule has 1 aromatic carbocycles. The average molecular weight is 304 g/mol. The summed E-state index contributed by atoms with van der Waals surface area (Å²) in [7, 11) is -0.352. The molecule has 0 aliphatic carbocycles. The van der Waals surface area contributed by atoms with Crippen LogP contribution in [0.15, 0.2) is 29.2 Å². The maximum Gasteiger partial charge on any atom is 0.242 e. The van der Waals surface area contributed by atoms with Crippen molar-refractivity contribution in [1.29, 1.82) is 0 Å². The van der Waals surface area contributed by atoms with Gasteiger partial charge >= 0.3 is 0 Å². The van der Waals surface area contributed by atoms with Gasteiger partial charge in [-0.3, -0.25) is 0 Å². The molecule has 0 bridgehead atoms. The first-order valence-electron chi connectivity index (χ1n) is 6.21. The first kappa shape index (κ1) is 16.5. The van der Waals surface area contributed by atoms with Gasteiger partial charge in [0.15, 0.2) is 0 Å². The predicted octanol–water partition coefficient (Wildman–Crippen LogP) is 3.13. The van der Waals surface area contributed by atoms with Crippen LogP contribution in [0, 0.1) is 5.41 Å². The standard InChI is InChI=1S/C14H22ClNO2S/c1-14(2,3)13(15)10-11-8-6-7-9-12(11)19(17,18)16(4)5/h6-9,13H,10H2,1-5H3. The molecule has 1 unspecified atom stereocenters. The van der Waals surface area contributed by atoms with Crippen LogP contribution in [0.4, 0.5) is 0 Å². The van der Waals surface area contributed by atoms with Crippen molar-refractivity contribution in [2.24, 2.45) is 5.41 Å². The normalized spacial score (nSPS) is 14.7. The Hall–Kier alpha value is -0.580. The van der Waals surface area contributed by atoms with Gasteiger partial charge in [-0.15, -0.1) is 11.6 Å². The molecule has 0 saturated heterocycles. The molecule has 3 nitrogen and oxygen atoms in total. The monoisotopic (exact) mass is 303 g/mol. The smallest absolute Gasteiger partial charge is 0.207 e. The Balaban J connectivity index is 3.18. The topological polar surface area (TPSA) is 37.4 Å². The molecule has 0 radical (unpaired) electrons. The molecule has 0 aliphatic heterocycles. The maximum atomic E-state index is 12.3. The van der Waals surface area contributed by atoms with Crippen LogP contribution in [0.2, 0.25) is 0 Å². The largest absolute Gasteiger partial charge is 0.242 e. The molecule has 19 heavy (non-hydrogen) atoms. The van der Waals surface area contributed by atoms with Crippen LogP contribution in [0.25, 0.3) is 0 Å². The van der Waals surface area contributed by atoms with Gasteiger partial charge in [0.2, 0.25) is 10.0 Å². The van der Waals surface area contributed by atoms with Crippen molar-refractivity contribution in [2.75, 3.05) is 14.1 Å². The predicted molar refractivity (Wildman–Crippen MR) is 80.1 cm³/mol. The highest BCUT2D eigenvalue weighted by atomic mass is 35.5. The molecule has 0 aromatic heterocycles. The Labute approximate surface area is 121 Å². The number of alkyl halides is 1. The van der Waals surface area contributed by atoms with Gasteiger partial charge in [0.1, 0.15) is 0 Å². The van der Waals surface area contributed by atoms with Crippen molar-refractivity contribution in [3.8, 4) is 0 Å². The number of hydrogen-bond donors (Lipinski definition) is 0. The second kappa shape index (κ2) is 5.81. The highest BCUT2D eigenvalue weighted by molar-refractivity contribution is 7.89. The van der Waals surface area contributed by atoms with Crippen molar-refractivity contribution in [3.05, 3.63) is 29.8 Å². The van der Waals surface area contributed by atoms with Gasteiger partial charge in [-0.2, -0.15) is 0 Å². The molecule has 0 spiro atoms. The van der Waals surface area contributed by atoms with Crippen LogP contribution in [-0.2, 0) is 16.4 Å². The zero-order chi connectivity index (χ0) is 14.8. The molecule has 1 rings (SSSR count). The van der Waals surface area contributed by atoms with Crippen molar-refractivity contribution >= 4 is 21.6 Å². The van der Waals surface area contributed by atoms with E-state index in [1.54, 1.807) is 12.1 Å². The zero-order valence-electron chi connectivity index (χ0n) is 12.1. The van der Waals surface area contributed by atoms with E-state index in [4.69, 9.17) is 11.6 Å². The van der Waals surface area contributed by atoms with Gasteiger partial charge in [0.25, 0.3) is 0 Å². The molecular formula is C14H22ClNO2S. The van der Waals surface area contributed by atoms with E-state index in [1.807, 2.05) is 32.9 Å². The quantitative estimate of drug-likeness (QED) is 0.801. The summed E-state index contributed by atoms with van der Waals surface area (Å²) in [5.74, 6) is 0. The molecule has 0 N–H and O–H groups in total. The fourth-order valence-corrected chi connectivity index (χ4v) is 2.91. The van der Waals surface area contributed by atoms with Crippen LogP contribution in [-0.4, -0.2) is 32.2 Å². The number of benzene rings is 1. The van der Waals surface area contributed by atoms with Crippen molar-refractivity contribution in [1.82, 2.24) is 4.31 Å². The van der Waals surface area contributed by atoms with Gasteiger partial charge in [0, 0.05) is 19.5 Å². The third kappa shape index (κ3) is 3.94. The van der Waals surface area contributed by atoms with Crippen molar-refractivity contribution in [2.45, 2.75) is 37.5 Å². The van der Waals surface area contributed by atoms with Gasteiger partial charge in [0.05, 0.1) is 4.90 Å². The number of rotatable bonds is 4. The molecule has 0 amide bonds. The summed E-state index contributed by atoms with van der Waals surface area (Å²) >= 11 is 6.38. The summed E-state index contributed by atoms with van der Waals surface area (Å²) in [5, 5.41) is -0.119. The summed E-state index contributed by atoms with van der Waals surface area (Å²) < 4.78 is 25.8. The SMILES string of the molecule is CN(C)S(=O)(=O)c1ccccc1CC(Cl)C(C)(C)C. The lowest BCUT2D eigenvalue weighted by Gasteiger charge is -2.26. The van der Waals surface area contributed by atoms with Crippen LogP contribution in [0.1, 0.15) is 26.3 Å². The average Bonchev–Trinajstić information content (AvgIpc) is 2.28. The lowest BCUT2D eigenvalue weighted by molar-refractivity contribution is 0.385. The highest BCUT2D eigenvalue weighted by Gasteiger charge is 2.26. The van der Waals surface area contributed by atoms with E-state index in [0.29, 0.717) is 11.3 Å². The molecule has 5 heteroatoms. The van der Waals surface area contributed by atoms with Crippen LogP contribution < -0.4 is 0 Å². The lowest BCUT2D eigenvalue weighted by Crippen LogP contribution is -2.26. The minimum Gasteiger partial charge on any atom is -0.207 e. The van der Waals surface area contributed by atoms with E-state index in [0.717, 1.165) is 5.56 Å². The van der Waals surface area contributed by atoms with E-state index < -0.39 is 10.0 Å². The first-order valence-corrected chi connectivity index (χ1v) is 8.09. The molecule has 1 atom stereocenters. The van der Waals surface area contributed by atoms with Gasteiger partial charge in [-0.05, 0) is 23.5 Å². The number of nitrogens with zero attached hydrogens (tertiary/aromatic N) is 1. The molecule has 1 aromatic rings. The molecule has 108 valence electrons. The van der Waals surface area contributed by atoms with Crippen molar-refractivity contribution < 1.29 is 8.42 Å². The highest BCUT2D eigenvalue weighted by Crippen LogP contribution is 2.30. The van der Waals surface area contributed by atoms with Crippen molar-refractivity contribution in [3.63, 3.8) is 0 Å². The van der Waals surface area contributed by atoms with E-state index in [2.05, 4.69) is 0 Å². The molecular weight excluding hydrogens is 282 g/mol. The number of hydrogen-bond acceptors (Lipinski definition) is 2. The third-order valence-corrected chi connectivity index (χ3v) is 5.79. The van der Waals surface area contributed by atoms with E-state index >= 15 is 0 Å². The second-order valence-electron chi connectivity index (χ2n) is 5.93. The Morgan fingerprint density at radius 2 is 1.74 bits per heavy atom. The van der Waals surface area contributed by atoms with Gasteiger partial charge in [-0.25, -0.2) is 12.7 Å². The first-order chi connectivity index (χ1) is 8.56. The summed E-state index contributed by atoms with van der Waals surface area (Å²) in [5.41, 5.74) is 0.697. The Morgan fingerprint density at radius 1 is 1.21 bits per heavy atom. The third-order valence-electron chi connectivity index (χ3n) is 3.07. The second-order valence-corrected chi connectivity index (χ2v) is 8.58. The number of halogens is 1. The van der Waals surface area contributed by atoms with Crippen LogP contribution in [0.3, 0.4) is 0 Å². The Bertz CT molecular complexity index is 533. The fourth-order valence-electron chi connectivity index (χ4n) is 1.62. The Kier molecular flexibility index (Phi) is 5.04. The minimum absolute atomic E-state index is 0.0729. The van der Waals surface area contributed by atoms with Gasteiger partial charge in [-0.1, -0.05) is 39.0 Å². The number of sulfonamides is 1. The summed E-state index contributed by atoms with van der Waals surface area (Å²) in [6.45, 7) is 6.15. The van der Waals surface area contributed by atoms with Crippen LogP contribution >= 0.6 is 11.6 Å². The summed E-state index contributed by atoms with van der Waals surface area (Å²) in [6.07, 6.45) is 0.536. The van der Waals surface area contributed by atoms with Gasteiger partial charge < -0.3 is 0 Å². The van der Waals surface area contributed by atoms with Crippen LogP contribution in [0.5, 0.6) is 0 Å². The maximum absolute atomic E-state index is 12.3. The molecule has 0 saturated carbocycles.